The van der Waals surface area contributed by atoms with E-state index in [0.717, 1.165) is 12.1 Å². The first kappa shape index (κ1) is 31.9. The molecule has 9 aromatic carbocycles. The molecule has 0 saturated carbocycles. The van der Waals surface area contributed by atoms with Crippen molar-refractivity contribution in [3.8, 4) is 55.9 Å². The molecule has 57 heavy (non-hydrogen) atoms. The maximum atomic E-state index is 2.44. The Morgan fingerprint density at radius 3 is 1.47 bits per heavy atom. The summed E-state index contributed by atoms with van der Waals surface area (Å²) >= 11 is 0. The summed E-state index contributed by atoms with van der Waals surface area (Å²) in [6, 6.07) is 75.9. The molecule has 0 amide bonds. The van der Waals surface area contributed by atoms with E-state index >= 15 is 0 Å². The molecule has 1 aliphatic rings. The van der Waals surface area contributed by atoms with Crippen molar-refractivity contribution in [2.45, 2.75) is 6.42 Å². The minimum atomic E-state index is 0.961. The Hall–Kier alpha value is -7.42. The highest BCUT2D eigenvalue weighted by molar-refractivity contribution is 6.13. The molecule has 12 rings (SSSR count). The fraction of sp³-hybridized carbons (Fsp3) is 0.0182. The van der Waals surface area contributed by atoms with Crippen molar-refractivity contribution < 1.29 is 0 Å². The van der Waals surface area contributed by atoms with E-state index < -0.39 is 0 Å². The first-order valence-corrected chi connectivity index (χ1v) is 19.8. The van der Waals surface area contributed by atoms with Crippen molar-refractivity contribution in [3.05, 3.63) is 217 Å². The first-order valence-electron chi connectivity index (χ1n) is 19.8. The molecule has 2 heteroatoms. The average molecular weight is 725 g/mol. The lowest BCUT2D eigenvalue weighted by Gasteiger charge is -2.11. The van der Waals surface area contributed by atoms with Gasteiger partial charge in [-0.1, -0.05) is 140 Å². The van der Waals surface area contributed by atoms with Crippen LogP contribution in [-0.2, 0) is 6.42 Å². The second-order valence-electron chi connectivity index (χ2n) is 15.3. The average Bonchev–Trinajstić information content (AvgIpc) is 3.94. The third-order valence-corrected chi connectivity index (χ3v) is 12.2. The summed E-state index contributed by atoms with van der Waals surface area (Å²) in [5.41, 5.74) is 20.1. The summed E-state index contributed by atoms with van der Waals surface area (Å²) in [5, 5.41) is 5.02. The molecule has 0 spiro atoms. The Morgan fingerprint density at radius 2 is 0.754 bits per heavy atom. The van der Waals surface area contributed by atoms with Gasteiger partial charge in [-0.25, -0.2) is 0 Å². The molecule has 0 N–H and O–H groups in total. The summed E-state index contributed by atoms with van der Waals surface area (Å²) in [7, 11) is 0. The minimum Gasteiger partial charge on any atom is -0.309 e. The van der Waals surface area contributed by atoms with Crippen LogP contribution in [0.1, 0.15) is 11.1 Å². The van der Waals surface area contributed by atoms with Gasteiger partial charge in [0, 0.05) is 32.9 Å². The molecule has 0 aliphatic heterocycles. The minimum absolute atomic E-state index is 0.961. The number of rotatable bonds is 5. The van der Waals surface area contributed by atoms with Crippen LogP contribution < -0.4 is 0 Å². The topological polar surface area (TPSA) is 9.86 Å². The van der Waals surface area contributed by atoms with Crippen molar-refractivity contribution >= 4 is 43.6 Å². The molecule has 11 aromatic rings. The van der Waals surface area contributed by atoms with Crippen LogP contribution in [0.25, 0.3) is 99.5 Å². The van der Waals surface area contributed by atoms with E-state index in [-0.39, 0.29) is 0 Å². The first-order chi connectivity index (χ1) is 28.3. The highest BCUT2D eigenvalue weighted by Crippen LogP contribution is 2.44. The molecule has 266 valence electrons. The van der Waals surface area contributed by atoms with Gasteiger partial charge in [-0.05, 0) is 129 Å². The zero-order valence-corrected chi connectivity index (χ0v) is 31.2. The van der Waals surface area contributed by atoms with E-state index in [2.05, 4.69) is 215 Å². The summed E-state index contributed by atoms with van der Waals surface area (Å²) in [6.07, 6.45) is 0.961. The molecule has 0 fully saturated rings. The monoisotopic (exact) mass is 724 g/mol. The van der Waals surface area contributed by atoms with Gasteiger partial charge < -0.3 is 9.13 Å². The summed E-state index contributed by atoms with van der Waals surface area (Å²) in [6.45, 7) is 0. The highest BCUT2D eigenvalue weighted by atomic mass is 15.0. The van der Waals surface area contributed by atoms with Crippen molar-refractivity contribution in [1.82, 2.24) is 9.13 Å². The lowest BCUT2D eigenvalue weighted by atomic mass is 9.94. The largest absolute Gasteiger partial charge is 0.309 e. The number of aromatic nitrogens is 2. The lowest BCUT2D eigenvalue weighted by molar-refractivity contribution is 1.18. The van der Waals surface area contributed by atoms with E-state index in [1.807, 2.05) is 0 Å². The normalized spacial score (nSPS) is 12.1. The number of hydrogen-bond acceptors (Lipinski definition) is 0. The Morgan fingerprint density at radius 1 is 0.281 bits per heavy atom. The van der Waals surface area contributed by atoms with Crippen LogP contribution in [0, 0.1) is 0 Å². The molecular weight excluding hydrogens is 689 g/mol. The number of para-hydroxylation sites is 2. The van der Waals surface area contributed by atoms with E-state index in [1.54, 1.807) is 0 Å². The van der Waals surface area contributed by atoms with Gasteiger partial charge in [0.05, 0.1) is 22.1 Å². The van der Waals surface area contributed by atoms with Gasteiger partial charge in [0.2, 0.25) is 0 Å². The van der Waals surface area contributed by atoms with E-state index in [4.69, 9.17) is 0 Å². The molecule has 0 radical (unpaired) electrons. The Bertz CT molecular complexity index is 3350. The van der Waals surface area contributed by atoms with Crippen LogP contribution in [0.3, 0.4) is 0 Å². The molecular formula is C55H36N2. The second kappa shape index (κ2) is 12.6. The SMILES string of the molecule is c1ccc(-c2ccc(-n3c4ccc(-c5ccc6c(c5)c5ccccc5n6-c5ccccc5)cc4c4cc(-c5cccc6c5Cc5ccccc5-6)ccc43)cc2)cc1. The molecule has 0 saturated heterocycles. The Kier molecular flexibility index (Phi) is 7.02. The second-order valence-corrected chi connectivity index (χ2v) is 15.3. The van der Waals surface area contributed by atoms with Gasteiger partial charge in [0.15, 0.2) is 0 Å². The van der Waals surface area contributed by atoms with Gasteiger partial charge in [0.25, 0.3) is 0 Å². The molecule has 0 bridgehead atoms. The van der Waals surface area contributed by atoms with Crippen LogP contribution in [0.5, 0.6) is 0 Å². The molecule has 2 nitrogen and oxygen atoms in total. The third kappa shape index (κ3) is 4.97. The number of nitrogens with zero attached hydrogens (tertiary/aromatic N) is 2. The maximum absolute atomic E-state index is 2.44. The fourth-order valence-electron chi connectivity index (χ4n) is 9.52. The van der Waals surface area contributed by atoms with E-state index in [0.29, 0.717) is 0 Å². The van der Waals surface area contributed by atoms with Crippen molar-refractivity contribution in [3.63, 3.8) is 0 Å². The zero-order chi connectivity index (χ0) is 37.5. The third-order valence-electron chi connectivity index (χ3n) is 12.2. The summed E-state index contributed by atoms with van der Waals surface area (Å²) < 4.78 is 4.82. The number of fused-ring (bicyclic) bond motifs is 9. The smallest absolute Gasteiger partial charge is 0.0541 e. The Labute approximate surface area is 331 Å². The highest BCUT2D eigenvalue weighted by Gasteiger charge is 2.22. The van der Waals surface area contributed by atoms with Crippen molar-refractivity contribution in [2.75, 3.05) is 0 Å². The van der Waals surface area contributed by atoms with Gasteiger partial charge in [0.1, 0.15) is 0 Å². The zero-order valence-electron chi connectivity index (χ0n) is 31.2. The summed E-state index contributed by atoms with van der Waals surface area (Å²) in [5.74, 6) is 0. The maximum Gasteiger partial charge on any atom is 0.0541 e. The van der Waals surface area contributed by atoms with Gasteiger partial charge in [-0.2, -0.15) is 0 Å². The van der Waals surface area contributed by atoms with Gasteiger partial charge >= 0.3 is 0 Å². The molecule has 0 unspecified atom stereocenters. The van der Waals surface area contributed by atoms with Crippen LogP contribution in [0.15, 0.2) is 206 Å². The number of hydrogen-bond donors (Lipinski definition) is 0. The van der Waals surface area contributed by atoms with Crippen LogP contribution in [0.2, 0.25) is 0 Å². The lowest BCUT2D eigenvalue weighted by Crippen LogP contribution is -1.94. The van der Waals surface area contributed by atoms with Gasteiger partial charge in [-0.15, -0.1) is 0 Å². The molecule has 0 atom stereocenters. The Balaban J connectivity index is 1.05. The van der Waals surface area contributed by atoms with Crippen molar-refractivity contribution in [2.24, 2.45) is 0 Å². The van der Waals surface area contributed by atoms with E-state index in [1.165, 1.54) is 105 Å². The predicted octanol–water partition coefficient (Wildman–Crippen LogP) is 14.5. The quantitative estimate of drug-likeness (QED) is 0.167. The molecule has 2 heterocycles. The van der Waals surface area contributed by atoms with Crippen LogP contribution in [0.4, 0.5) is 0 Å². The number of benzene rings is 9. The van der Waals surface area contributed by atoms with E-state index in [9.17, 15) is 0 Å². The van der Waals surface area contributed by atoms with Crippen LogP contribution >= 0.6 is 0 Å². The standard InChI is InChI=1S/C55H36N2/c1-3-12-36(13-4-1)37-22-27-43(28-23-37)57-54-30-25-39(38-24-29-53-49(32-38)47-18-9-10-21-52(47)56(53)42-15-5-2-6-16-42)33-50(54)51-35-41(26-31-55(51)57)45-19-11-20-46-44-17-8-7-14-40(44)34-48(45)46/h1-33,35H,34H2. The van der Waals surface area contributed by atoms with Crippen molar-refractivity contribution in [1.29, 1.82) is 0 Å². The molecule has 1 aliphatic carbocycles. The predicted molar refractivity (Wildman–Crippen MR) is 240 cm³/mol. The van der Waals surface area contributed by atoms with Crippen LogP contribution in [-0.4, -0.2) is 9.13 Å². The summed E-state index contributed by atoms with van der Waals surface area (Å²) in [4.78, 5) is 0. The fourth-order valence-corrected chi connectivity index (χ4v) is 9.52. The van der Waals surface area contributed by atoms with Gasteiger partial charge in [-0.3, -0.25) is 0 Å². The molecule has 2 aromatic heterocycles.